The van der Waals surface area contributed by atoms with Crippen LogP contribution in [-0.2, 0) is 15.9 Å². The van der Waals surface area contributed by atoms with Gasteiger partial charge in [-0.2, -0.15) is 0 Å². The van der Waals surface area contributed by atoms with Crippen LogP contribution in [-0.4, -0.2) is 53.7 Å². The molecule has 0 aliphatic carbocycles. The average Bonchev–Trinajstić information content (AvgIpc) is 3.10. The number of ether oxygens (including phenoxy) is 2. The summed E-state index contributed by atoms with van der Waals surface area (Å²) >= 11 is 6.00. The van der Waals surface area contributed by atoms with Gasteiger partial charge in [-0.05, 0) is 32.9 Å². The molecule has 1 fully saturated rings. The van der Waals surface area contributed by atoms with E-state index in [2.05, 4.69) is 21.5 Å². The van der Waals surface area contributed by atoms with Crippen molar-refractivity contribution >= 4 is 29.7 Å². The van der Waals surface area contributed by atoms with Gasteiger partial charge in [0.25, 0.3) is 0 Å². The van der Waals surface area contributed by atoms with Gasteiger partial charge in [-0.3, -0.25) is 0 Å². The Morgan fingerprint density at radius 3 is 2.68 bits per heavy atom. The fourth-order valence-electron chi connectivity index (χ4n) is 3.58. The van der Waals surface area contributed by atoms with Gasteiger partial charge in [-0.15, -0.1) is 0 Å². The molecule has 0 bridgehead atoms. The van der Waals surface area contributed by atoms with Crippen LogP contribution in [0.1, 0.15) is 39.3 Å². The van der Waals surface area contributed by atoms with Crippen LogP contribution in [0.3, 0.4) is 0 Å². The fraction of sp³-hybridized carbons (Fsp3) is 0.500. The van der Waals surface area contributed by atoms with Gasteiger partial charge < -0.3 is 25.0 Å². The predicted molar refractivity (Wildman–Crippen MR) is 122 cm³/mol. The number of likely N-dealkylation sites (tertiary alicyclic amines) is 1. The number of hydrogen-bond donors (Lipinski definition) is 1. The molecule has 3 heterocycles. The Bertz CT molecular complexity index is 886. The molecule has 1 aromatic heterocycles. The lowest BCUT2D eigenvalue weighted by atomic mass is 10.1. The lowest BCUT2D eigenvalue weighted by Crippen LogP contribution is -2.43. The molecule has 9 heteroatoms. The smallest absolute Gasteiger partial charge is 0.410 e. The maximum absolute atomic E-state index is 12.2. The molecule has 3 rings (SSSR count). The average molecular weight is 448 g/mol. The Kier molecular flexibility index (Phi) is 7.10. The lowest BCUT2D eigenvalue weighted by Gasteiger charge is -2.33. The summed E-state index contributed by atoms with van der Waals surface area (Å²) in [5, 5.41) is 0.483. The molecule has 2 aliphatic heterocycles. The molecular formula is C22H30ClN5O3. The van der Waals surface area contributed by atoms with Gasteiger partial charge in [-0.25, -0.2) is 14.8 Å². The van der Waals surface area contributed by atoms with E-state index in [4.69, 9.17) is 26.8 Å². The summed E-state index contributed by atoms with van der Waals surface area (Å²) in [6.45, 7) is 11.6. The first-order valence-corrected chi connectivity index (χ1v) is 10.8. The number of amides is 1. The minimum absolute atomic E-state index is 0.0761. The van der Waals surface area contributed by atoms with Gasteiger partial charge in [0.15, 0.2) is 0 Å². The molecule has 0 aromatic carbocycles. The number of anilines is 1. The Labute approximate surface area is 188 Å². The molecule has 0 atom stereocenters. The van der Waals surface area contributed by atoms with Crippen LogP contribution in [0.25, 0.3) is 0 Å². The number of nitrogens with two attached hydrogens (primary N) is 1. The number of aromatic nitrogens is 1. The zero-order valence-corrected chi connectivity index (χ0v) is 19.1. The molecule has 1 amide bonds. The molecule has 1 aromatic rings. The number of aliphatic imine (C=N–C) groups is 1. The van der Waals surface area contributed by atoms with E-state index >= 15 is 0 Å². The third-order valence-electron chi connectivity index (χ3n) is 5.00. The first kappa shape index (κ1) is 22.9. The van der Waals surface area contributed by atoms with Crippen molar-refractivity contribution in [2.75, 3.05) is 24.5 Å². The molecule has 0 spiro atoms. The molecule has 31 heavy (non-hydrogen) atoms. The van der Waals surface area contributed by atoms with E-state index in [9.17, 15) is 4.79 Å². The maximum atomic E-state index is 12.2. The second kappa shape index (κ2) is 9.60. The number of carbonyl (C=O) groups excluding carboxylic acids is 1. The highest BCUT2D eigenvalue weighted by Gasteiger charge is 2.28. The third kappa shape index (κ3) is 6.13. The summed E-state index contributed by atoms with van der Waals surface area (Å²) in [5.74, 6) is 0.388. The van der Waals surface area contributed by atoms with Crippen LogP contribution in [0.4, 0.5) is 10.5 Å². The highest BCUT2D eigenvalue weighted by atomic mass is 35.5. The van der Waals surface area contributed by atoms with Crippen molar-refractivity contribution in [1.29, 1.82) is 0 Å². The SMILES string of the molecule is C=C(/C=C(\N=CN)OC1CCN(C(=O)OC(C)(C)C)CC1)N1CCc2nc(Cl)ccc21. The topological polar surface area (TPSA) is 93.3 Å². The van der Waals surface area contributed by atoms with Gasteiger partial charge in [0.2, 0.25) is 5.88 Å². The first-order valence-electron chi connectivity index (χ1n) is 10.4. The molecule has 1 saturated heterocycles. The van der Waals surface area contributed by atoms with E-state index in [1.54, 1.807) is 17.0 Å². The number of allylic oxidation sites excluding steroid dienone is 1. The Hall–Kier alpha value is -2.74. The van der Waals surface area contributed by atoms with Crippen molar-refractivity contribution < 1.29 is 14.3 Å². The summed E-state index contributed by atoms with van der Waals surface area (Å²) in [4.78, 5) is 24.5. The highest BCUT2D eigenvalue weighted by Crippen LogP contribution is 2.31. The van der Waals surface area contributed by atoms with Crippen molar-refractivity contribution in [1.82, 2.24) is 9.88 Å². The van der Waals surface area contributed by atoms with Crippen LogP contribution in [0.15, 0.2) is 41.4 Å². The molecule has 0 unspecified atom stereocenters. The van der Waals surface area contributed by atoms with Crippen LogP contribution < -0.4 is 10.6 Å². The quantitative estimate of drug-likeness (QED) is 0.242. The zero-order chi connectivity index (χ0) is 22.6. The first-order chi connectivity index (χ1) is 14.7. The van der Waals surface area contributed by atoms with Gasteiger partial charge in [0.1, 0.15) is 16.9 Å². The number of piperidine rings is 1. The monoisotopic (exact) mass is 447 g/mol. The number of carbonyl (C=O) groups is 1. The number of fused-ring (bicyclic) bond motifs is 1. The van der Waals surface area contributed by atoms with Crippen molar-refractivity contribution in [2.24, 2.45) is 10.7 Å². The highest BCUT2D eigenvalue weighted by molar-refractivity contribution is 6.29. The summed E-state index contributed by atoms with van der Waals surface area (Å²) in [5.41, 5.74) is 7.68. The largest absolute Gasteiger partial charge is 0.474 e. The Morgan fingerprint density at radius 1 is 1.32 bits per heavy atom. The molecule has 2 N–H and O–H groups in total. The summed E-state index contributed by atoms with van der Waals surface area (Å²) in [6.07, 6.45) is 4.75. The van der Waals surface area contributed by atoms with Crippen LogP contribution >= 0.6 is 11.6 Å². The lowest BCUT2D eigenvalue weighted by molar-refractivity contribution is 0.00420. The molecule has 8 nitrogen and oxygen atoms in total. The zero-order valence-electron chi connectivity index (χ0n) is 18.3. The van der Waals surface area contributed by atoms with Crippen molar-refractivity contribution in [3.63, 3.8) is 0 Å². The normalized spacial score (nSPS) is 17.7. The van der Waals surface area contributed by atoms with Crippen molar-refractivity contribution in [3.05, 3.63) is 47.2 Å². The van der Waals surface area contributed by atoms with Crippen LogP contribution in [0.5, 0.6) is 0 Å². The van der Waals surface area contributed by atoms with E-state index < -0.39 is 5.60 Å². The van der Waals surface area contributed by atoms with Crippen molar-refractivity contribution in [2.45, 2.75) is 51.7 Å². The number of pyridine rings is 1. The minimum atomic E-state index is -0.508. The van der Waals surface area contributed by atoms with E-state index in [0.717, 1.165) is 30.0 Å². The second-order valence-electron chi connectivity index (χ2n) is 8.54. The van der Waals surface area contributed by atoms with Gasteiger partial charge in [0.05, 0.1) is 17.7 Å². The number of nitrogens with zero attached hydrogens (tertiary/aromatic N) is 4. The fourth-order valence-corrected chi connectivity index (χ4v) is 3.75. The van der Waals surface area contributed by atoms with E-state index in [1.807, 2.05) is 26.8 Å². The summed E-state index contributed by atoms with van der Waals surface area (Å²) in [7, 11) is 0. The van der Waals surface area contributed by atoms with Crippen LogP contribution in [0.2, 0.25) is 5.15 Å². The van der Waals surface area contributed by atoms with E-state index in [-0.39, 0.29) is 12.2 Å². The Morgan fingerprint density at radius 2 is 2.03 bits per heavy atom. The van der Waals surface area contributed by atoms with Gasteiger partial charge in [-0.1, -0.05) is 18.2 Å². The predicted octanol–water partition coefficient (Wildman–Crippen LogP) is 3.86. The molecule has 168 valence electrons. The van der Waals surface area contributed by atoms with E-state index in [0.29, 0.717) is 37.0 Å². The summed E-state index contributed by atoms with van der Waals surface area (Å²) < 4.78 is 11.5. The summed E-state index contributed by atoms with van der Waals surface area (Å²) in [6, 6.07) is 3.71. The second-order valence-corrected chi connectivity index (χ2v) is 8.93. The van der Waals surface area contributed by atoms with Gasteiger partial charge in [0, 0.05) is 50.7 Å². The molecular weight excluding hydrogens is 418 g/mol. The van der Waals surface area contributed by atoms with Crippen LogP contribution in [0, 0.1) is 0 Å². The number of hydrogen-bond acceptors (Lipinski definition) is 6. The third-order valence-corrected chi connectivity index (χ3v) is 5.21. The number of rotatable bonds is 5. The molecule has 0 radical (unpaired) electrons. The molecule has 0 saturated carbocycles. The maximum Gasteiger partial charge on any atom is 0.410 e. The molecule has 2 aliphatic rings. The Balaban J connectivity index is 1.60. The van der Waals surface area contributed by atoms with Crippen molar-refractivity contribution in [3.8, 4) is 0 Å². The van der Waals surface area contributed by atoms with Gasteiger partial charge >= 0.3 is 6.09 Å². The van der Waals surface area contributed by atoms with E-state index in [1.165, 1.54) is 6.34 Å². The minimum Gasteiger partial charge on any atom is -0.474 e. The standard InChI is InChI=1S/C22H30ClN5O3/c1-15(28-12-9-17-18(28)5-6-19(23)26-17)13-20(25-14-24)30-16-7-10-27(11-8-16)21(29)31-22(2,3)4/h5-6,13-14,16H,1,7-12H2,2-4H3,(H2,24,25)/b20-13+. The number of halogens is 1.